The van der Waals surface area contributed by atoms with E-state index in [1.54, 1.807) is 0 Å². The van der Waals surface area contributed by atoms with Crippen molar-refractivity contribution in [3.05, 3.63) is 67.1 Å². The molecule has 3 aliphatic rings. The highest BCUT2D eigenvalue weighted by Crippen LogP contribution is 2.35. The van der Waals surface area contributed by atoms with Crippen LogP contribution in [0, 0.1) is 17.2 Å². The molecule has 2 aromatic carbocycles. The van der Waals surface area contributed by atoms with E-state index in [9.17, 15) is 9.00 Å². The Morgan fingerprint density at radius 1 is 1.00 bits per heavy atom. The highest BCUT2D eigenvalue weighted by atomic mass is 32.2. The average molecular weight is 569 g/mol. The standard InChI is InChI=1S/C21H20N4OS.C11H16N2O/c26-27-11-9-24(10-12-27)19-3-1-16(2-4-19)18-14-23-25(15-18)20-5-6-21-17(13-20)7-8-22-21;12-8-11(6-7-11)13-10(14)9-4-2-1-3-5-9/h1-8,13-15,22H,9-12H2;9H,1-7H2,(H,13,14). The molecule has 1 aliphatic heterocycles. The van der Waals surface area contributed by atoms with Gasteiger partial charge in [-0.3, -0.25) is 9.00 Å². The monoisotopic (exact) mass is 568 g/mol. The van der Waals surface area contributed by atoms with Crippen LogP contribution in [0.3, 0.4) is 0 Å². The van der Waals surface area contributed by atoms with Gasteiger partial charge in [0.1, 0.15) is 5.54 Å². The van der Waals surface area contributed by atoms with Gasteiger partial charge in [-0.2, -0.15) is 10.4 Å². The third-order valence-corrected chi connectivity index (χ3v) is 9.71. The fourth-order valence-corrected chi connectivity index (χ4v) is 6.70. The molecule has 2 N–H and O–H groups in total. The zero-order valence-electron chi connectivity index (χ0n) is 23.2. The van der Waals surface area contributed by atoms with Gasteiger partial charge in [0.15, 0.2) is 0 Å². The van der Waals surface area contributed by atoms with Gasteiger partial charge >= 0.3 is 0 Å². The Morgan fingerprint density at radius 3 is 2.44 bits per heavy atom. The molecule has 8 nitrogen and oxygen atoms in total. The zero-order chi connectivity index (χ0) is 28.2. The van der Waals surface area contributed by atoms with Crippen LogP contribution in [0.2, 0.25) is 0 Å². The third-order valence-electron chi connectivity index (χ3n) is 8.43. The minimum atomic E-state index is -0.645. The SMILES string of the molecule is N#CC1(NC(=O)C2CCCCC2)CC1.O=S1CCN(c2ccc(-c3cnn(-c4ccc5[nH]ccc5c4)c3)cc2)CC1. The molecule has 212 valence electrons. The van der Waals surface area contributed by atoms with Crippen molar-refractivity contribution in [2.24, 2.45) is 5.92 Å². The normalized spacial score (nSPS) is 18.8. The van der Waals surface area contributed by atoms with Crippen LogP contribution in [0.1, 0.15) is 44.9 Å². The van der Waals surface area contributed by atoms with E-state index in [4.69, 9.17) is 5.26 Å². The van der Waals surface area contributed by atoms with Crippen LogP contribution in [0.15, 0.2) is 67.1 Å². The first-order valence-electron chi connectivity index (χ1n) is 14.6. The molecule has 41 heavy (non-hydrogen) atoms. The zero-order valence-corrected chi connectivity index (χ0v) is 24.0. The minimum Gasteiger partial charge on any atom is -0.370 e. The lowest BCUT2D eigenvalue weighted by Crippen LogP contribution is -2.40. The molecule has 9 heteroatoms. The Hall–Kier alpha value is -3.90. The fraction of sp³-hybridized carbons (Fsp3) is 0.406. The summed E-state index contributed by atoms with van der Waals surface area (Å²) in [6, 6.07) is 19.1. The maximum absolute atomic E-state index is 11.8. The predicted molar refractivity (Wildman–Crippen MR) is 163 cm³/mol. The first-order valence-corrected chi connectivity index (χ1v) is 16.1. The van der Waals surface area contributed by atoms with Crippen LogP contribution in [0.25, 0.3) is 27.7 Å². The molecule has 4 aromatic rings. The molecule has 3 heterocycles. The molecular formula is C32H36N6O2S. The van der Waals surface area contributed by atoms with Crippen molar-refractivity contribution in [3.8, 4) is 22.9 Å². The summed E-state index contributed by atoms with van der Waals surface area (Å²) in [7, 11) is -0.645. The van der Waals surface area contributed by atoms with Crippen LogP contribution in [-0.2, 0) is 15.6 Å². The lowest BCUT2D eigenvalue weighted by molar-refractivity contribution is -0.126. The number of anilines is 1. The van der Waals surface area contributed by atoms with E-state index in [1.165, 1.54) is 17.5 Å². The van der Waals surface area contributed by atoms with Crippen LogP contribution in [0.5, 0.6) is 0 Å². The van der Waals surface area contributed by atoms with E-state index >= 15 is 0 Å². The summed E-state index contributed by atoms with van der Waals surface area (Å²) < 4.78 is 13.4. The number of carbonyl (C=O) groups excluding carboxylic acids is 1. The van der Waals surface area contributed by atoms with Crippen molar-refractivity contribution >= 4 is 33.3 Å². The smallest absolute Gasteiger partial charge is 0.224 e. The van der Waals surface area contributed by atoms with Crippen LogP contribution < -0.4 is 10.2 Å². The second-order valence-corrected chi connectivity index (χ2v) is 13.0. The van der Waals surface area contributed by atoms with E-state index in [2.05, 4.69) is 81.1 Å². The number of aromatic amines is 1. The van der Waals surface area contributed by atoms with Gasteiger partial charge in [-0.05, 0) is 67.6 Å². The van der Waals surface area contributed by atoms with Crippen molar-refractivity contribution in [2.75, 3.05) is 29.5 Å². The summed E-state index contributed by atoms with van der Waals surface area (Å²) in [4.78, 5) is 17.3. The number of benzene rings is 2. The molecule has 0 unspecified atom stereocenters. The molecule has 0 spiro atoms. The van der Waals surface area contributed by atoms with Crippen molar-refractivity contribution in [2.45, 2.75) is 50.5 Å². The van der Waals surface area contributed by atoms with Gasteiger partial charge < -0.3 is 15.2 Å². The summed E-state index contributed by atoms with van der Waals surface area (Å²) in [5.74, 6) is 1.82. The van der Waals surface area contributed by atoms with Crippen LogP contribution in [-0.4, -0.2) is 55.0 Å². The number of H-pyrrole nitrogens is 1. The number of hydrogen-bond donors (Lipinski definition) is 2. The summed E-state index contributed by atoms with van der Waals surface area (Å²) in [5, 5.41) is 17.4. The van der Waals surface area contributed by atoms with Gasteiger partial charge in [0, 0.05) is 75.9 Å². The number of rotatable bonds is 5. The molecular weight excluding hydrogens is 532 g/mol. The van der Waals surface area contributed by atoms with Gasteiger partial charge in [0.05, 0.1) is 18.0 Å². The number of nitriles is 1. The summed E-state index contributed by atoms with van der Waals surface area (Å²) in [5.41, 5.74) is 5.13. The maximum Gasteiger partial charge on any atom is 0.224 e. The lowest BCUT2D eigenvalue weighted by atomic mass is 9.88. The summed E-state index contributed by atoms with van der Waals surface area (Å²) in [6.45, 7) is 1.73. The van der Waals surface area contributed by atoms with Gasteiger partial charge in [-0.25, -0.2) is 4.68 Å². The first-order chi connectivity index (χ1) is 20.0. The Bertz CT molecular complexity index is 1560. The summed E-state index contributed by atoms with van der Waals surface area (Å²) in [6.07, 6.45) is 13.2. The molecule has 3 fully saturated rings. The number of fused-ring (bicyclic) bond motifs is 1. The molecule has 7 rings (SSSR count). The lowest BCUT2D eigenvalue weighted by Gasteiger charge is -2.28. The van der Waals surface area contributed by atoms with E-state index in [1.807, 2.05) is 17.1 Å². The number of amides is 1. The highest BCUT2D eigenvalue weighted by Gasteiger charge is 2.45. The molecule has 0 atom stereocenters. The van der Waals surface area contributed by atoms with Gasteiger partial charge in [-0.1, -0.05) is 31.4 Å². The molecule has 2 saturated carbocycles. The number of nitrogens with one attached hydrogen (secondary N) is 2. The quantitative estimate of drug-likeness (QED) is 0.339. The van der Waals surface area contributed by atoms with Crippen LogP contribution >= 0.6 is 0 Å². The van der Waals surface area contributed by atoms with Crippen LogP contribution in [0.4, 0.5) is 5.69 Å². The number of aromatic nitrogens is 3. The molecule has 0 bridgehead atoms. The van der Waals surface area contributed by atoms with Crippen molar-refractivity contribution in [1.82, 2.24) is 20.1 Å². The average Bonchev–Trinajstić information content (AvgIpc) is 3.38. The minimum absolute atomic E-state index is 0.115. The van der Waals surface area contributed by atoms with Crippen molar-refractivity contribution in [1.29, 1.82) is 5.26 Å². The molecule has 2 aromatic heterocycles. The number of carbonyl (C=O) groups is 1. The van der Waals surface area contributed by atoms with Crippen molar-refractivity contribution in [3.63, 3.8) is 0 Å². The molecule has 1 amide bonds. The third kappa shape index (κ3) is 6.38. The van der Waals surface area contributed by atoms with Gasteiger partial charge in [0.25, 0.3) is 0 Å². The fourth-order valence-electron chi connectivity index (χ4n) is 5.65. The number of nitrogens with zero attached hydrogens (tertiary/aromatic N) is 4. The Balaban J connectivity index is 0.000000182. The largest absolute Gasteiger partial charge is 0.370 e. The highest BCUT2D eigenvalue weighted by molar-refractivity contribution is 7.85. The molecule has 2 aliphatic carbocycles. The summed E-state index contributed by atoms with van der Waals surface area (Å²) >= 11 is 0. The molecule has 1 saturated heterocycles. The Labute approximate surface area is 243 Å². The predicted octanol–water partition coefficient (Wildman–Crippen LogP) is 5.33. The molecule has 0 radical (unpaired) electrons. The van der Waals surface area contributed by atoms with E-state index in [0.717, 1.165) is 85.5 Å². The van der Waals surface area contributed by atoms with E-state index < -0.39 is 16.3 Å². The van der Waals surface area contributed by atoms with E-state index in [-0.39, 0.29) is 11.8 Å². The van der Waals surface area contributed by atoms with Gasteiger partial charge in [-0.15, -0.1) is 0 Å². The van der Waals surface area contributed by atoms with E-state index in [0.29, 0.717) is 0 Å². The van der Waals surface area contributed by atoms with Gasteiger partial charge in [0.2, 0.25) is 5.91 Å². The first kappa shape index (κ1) is 27.3. The Morgan fingerprint density at radius 2 is 1.73 bits per heavy atom. The van der Waals surface area contributed by atoms with Crippen molar-refractivity contribution < 1.29 is 9.00 Å². The topological polar surface area (TPSA) is 107 Å². The second-order valence-electron chi connectivity index (χ2n) is 11.3. The Kier molecular flexibility index (Phi) is 7.93. The number of hydrogen-bond acceptors (Lipinski definition) is 5. The maximum atomic E-state index is 11.8. The second kappa shape index (κ2) is 11.9.